The summed E-state index contributed by atoms with van der Waals surface area (Å²) in [6.07, 6.45) is 4.34. The van der Waals surface area contributed by atoms with E-state index in [1.807, 2.05) is 31.1 Å². The molecular weight excluding hydrogens is 452 g/mol. The summed E-state index contributed by atoms with van der Waals surface area (Å²) in [7, 11) is 3.98. The number of nitrogens with one attached hydrogen (secondary N) is 1. The van der Waals surface area contributed by atoms with E-state index < -0.39 is 0 Å². The van der Waals surface area contributed by atoms with Gasteiger partial charge in [0, 0.05) is 50.4 Å². The average Bonchev–Trinajstić information content (AvgIpc) is 3.31. The second kappa shape index (κ2) is 11.5. The van der Waals surface area contributed by atoms with Crippen LogP contribution in [0.15, 0.2) is 54.2 Å². The van der Waals surface area contributed by atoms with Crippen LogP contribution in [0.3, 0.4) is 0 Å². The van der Waals surface area contributed by atoms with E-state index in [1.165, 1.54) is 4.88 Å². The third-order valence-electron chi connectivity index (χ3n) is 5.90. The molecule has 8 heteroatoms. The molecule has 1 atom stereocenters. The lowest BCUT2D eigenvalue weighted by atomic mass is 10.1. The number of pyridine rings is 1. The maximum Gasteiger partial charge on any atom is 0.257 e. The van der Waals surface area contributed by atoms with Crippen molar-refractivity contribution in [1.82, 2.24) is 15.2 Å². The van der Waals surface area contributed by atoms with Gasteiger partial charge in [0.15, 0.2) is 0 Å². The first-order chi connectivity index (χ1) is 15.6. The minimum atomic E-state index is 0. The largest absolute Gasteiger partial charge is 0.485 e. The van der Waals surface area contributed by atoms with Crippen LogP contribution in [0.25, 0.3) is 0 Å². The van der Waals surface area contributed by atoms with Gasteiger partial charge in [0.2, 0.25) is 0 Å². The van der Waals surface area contributed by atoms with Crippen molar-refractivity contribution < 1.29 is 9.53 Å². The number of aromatic nitrogens is 1. The van der Waals surface area contributed by atoms with Gasteiger partial charge in [-0.2, -0.15) is 13.5 Å². The van der Waals surface area contributed by atoms with E-state index in [0.717, 1.165) is 42.1 Å². The smallest absolute Gasteiger partial charge is 0.257 e. The lowest BCUT2D eigenvalue weighted by molar-refractivity contribution is 0.0754. The van der Waals surface area contributed by atoms with E-state index in [1.54, 1.807) is 23.7 Å². The van der Waals surface area contributed by atoms with Crippen LogP contribution in [-0.2, 0) is 6.54 Å². The summed E-state index contributed by atoms with van der Waals surface area (Å²) < 4.78 is 6.36. The first-order valence-electron chi connectivity index (χ1n) is 11.0. The number of thiophene rings is 1. The highest BCUT2D eigenvalue weighted by Crippen LogP contribution is 2.30. The molecule has 3 heterocycles. The second-order valence-electron chi connectivity index (χ2n) is 8.14. The van der Waals surface area contributed by atoms with E-state index in [9.17, 15) is 4.79 Å². The van der Waals surface area contributed by atoms with Crippen LogP contribution in [0.4, 0.5) is 5.69 Å². The van der Waals surface area contributed by atoms with Crippen LogP contribution in [0, 0.1) is 6.92 Å². The van der Waals surface area contributed by atoms with Gasteiger partial charge in [0.25, 0.3) is 5.91 Å². The first kappa shape index (κ1) is 25.1. The molecule has 6 nitrogen and oxygen atoms in total. The highest BCUT2D eigenvalue weighted by atomic mass is 32.1. The minimum Gasteiger partial charge on any atom is -0.485 e. The topological polar surface area (TPSA) is 57.7 Å². The van der Waals surface area contributed by atoms with Gasteiger partial charge in [-0.3, -0.25) is 9.78 Å². The molecule has 1 aromatic carbocycles. The molecule has 0 radical (unpaired) electrons. The molecule has 4 rings (SSSR count). The van der Waals surface area contributed by atoms with Gasteiger partial charge in [-0.05, 0) is 61.3 Å². The number of carbonyl (C=O) groups excluding carboxylic acids is 1. The number of hydrogen-bond acceptors (Lipinski definition) is 6. The Kier molecular flexibility index (Phi) is 8.77. The van der Waals surface area contributed by atoms with E-state index in [4.69, 9.17) is 4.74 Å². The van der Waals surface area contributed by atoms with E-state index in [2.05, 4.69) is 51.8 Å². The minimum absolute atomic E-state index is 0. The molecule has 1 aliphatic heterocycles. The van der Waals surface area contributed by atoms with Gasteiger partial charge in [-0.25, -0.2) is 0 Å². The molecule has 176 valence electrons. The maximum atomic E-state index is 13.2. The molecule has 0 aliphatic carbocycles. The summed E-state index contributed by atoms with van der Waals surface area (Å²) in [5.74, 6) is 0.888. The van der Waals surface area contributed by atoms with Crippen molar-refractivity contribution in [1.29, 1.82) is 0 Å². The number of ether oxygens (including phenoxy) is 1. The molecule has 2 aromatic heterocycles. The molecule has 0 bridgehead atoms. The normalized spacial score (nSPS) is 14.3. The number of carbonyl (C=O) groups is 1. The van der Waals surface area contributed by atoms with Crippen LogP contribution >= 0.6 is 24.8 Å². The van der Waals surface area contributed by atoms with Crippen molar-refractivity contribution >= 4 is 36.4 Å². The van der Waals surface area contributed by atoms with Gasteiger partial charge >= 0.3 is 0 Å². The Balaban J connectivity index is 0.00000306. The van der Waals surface area contributed by atoms with E-state index >= 15 is 0 Å². The predicted molar refractivity (Wildman–Crippen MR) is 140 cm³/mol. The number of anilines is 1. The third kappa shape index (κ3) is 5.88. The molecule has 33 heavy (non-hydrogen) atoms. The first-order valence-corrected chi connectivity index (χ1v) is 11.8. The fourth-order valence-corrected chi connectivity index (χ4v) is 4.79. The number of likely N-dealkylation sites (N-methyl/N-ethyl adjacent to an activating group) is 1. The van der Waals surface area contributed by atoms with Crippen molar-refractivity contribution in [2.75, 3.05) is 38.6 Å². The summed E-state index contributed by atoms with van der Waals surface area (Å²) in [5, 5.41) is 5.30. The third-order valence-corrected chi connectivity index (χ3v) is 6.87. The zero-order valence-electron chi connectivity index (χ0n) is 19.4. The fraction of sp³-hybridized carbons (Fsp3) is 0.360. The monoisotopic (exact) mass is 484 g/mol. The average molecular weight is 485 g/mol. The Bertz CT molecular complexity index is 1060. The zero-order chi connectivity index (χ0) is 22.5. The van der Waals surface area contributed by atoms with Crippen molar-refractivity contribution in [3.8, 4) is 5.75 Å². The van der Waals surface area contributed by atoms with Crippen LogP contribution in [0.5, 0.6) is 5.75 Å². The quantitative estimate of drug-likeness (QED) is 0.514. The Morgan fingerprint density at radius 3 is 2.82 bits per heavy atom. The molecule has 1 aliphatic rings. The highest BCUT2D eigenvalue weighted by Gasteiger charge is 2.25. The lowest BCUT2D eigenvalue weighted by Crippen LogP contribution is -2.33. The summed E-state index contributed by atoms with van der Waals surface area (Å²) in [4.78, 5) is 22.6. The van der Waals surface area contributed by atoms with Crippen molar-refractivity contribution in [2.24, 2.45) is 0 Å². The van der Waals surface area contributed by atoms with Gasteiger partial charge < -0.3 is 19.9 Å². The van der Waals surface area contributed by atoms with Crippen LogP contribution in [-0.4, -0.2) is 49.5 Å². The maximum absolute atomic E-state index is 13.2. The van der Waals surface area contributed by atoms with Crippen molar-refractivity contribution in [3.05, 3.63) is 75.7 Å². The van der Waals surface area contributed by atoms with Crippen molar-refractivity contribution in [2.45, 2.75) is 26.0 Å². The van der Waals surface area contributed by atoms with E-state index in [0.29, 0.717) is 18.7 Å². The Morgan fingerprint density at radius 2 is 2.09 bits per heavy atom. The van der Waals surface area contributed by atoms with Crippen LogP contribution < -0.4 is 15.0 Å². The lowest BCUT2D eigenvalue weighted by Gasteiger charge is -2.23. The highest BCUT2D eigenvalue weighted by molar-refractivity contribution is 7.59. The summed E-state index contributed by atoms with van der Waals surface area (Å²) in [5.41, 5.74) is 3.85. The number of aryl methyl sites for hydroxylation is 1. The second-order valence-corrected chi connectivity index (χ2v) is 9.12. The molecule has 3 aromatic rings. The number of nitrogens with zero attached hydrogens (tertiary/aromatic N) is 3. The summed E-state index contributed by atoms with van der Waals surface area (Å²) in [6.45, 7) is 5.01. The Hall–Kier alpha value is -2.55. The number of benzene rings is 1. The molecule has 0 spiro atoms. The Labute approximate surface area is 207 Å². The predicted octanol–water partition coefficient (Wildman–Crippen LogP) is 4.39. The fourth-order valence-electron chi connectivity index (χ4n) is 4.00. The summed E-state index contributed by atoms with van der Waals surface area (Å²) >= 11 is 1.72. The molecular formula is C25H32N4O2S2. The van der Waals surface area contributed by atoms with Crippen LogP contribution in [0.2, 0.25) is 0 Å². The van der Waals surface area contributed by atoms with E-state index in [-0.39, 0.29) is 25.5 Å². The number of hydrogen-bond donors (Lipinski definition) is 1. The Morgan fingerprint density at radius 1 is 1.24 bits per heavy atom. The number of fused-ring (bicyclic) bond motifs is 1. The van der Waals surface area contributed by atoms with Gasteiger partial charge in [0.05, 0.1) is 11.3 Å². The molecule has 1 amide bonds. The van der Waals surface area contributed by atoms with Gasteiger partial charge in [-0.1, -0.05) is 12.1 Å². The SMILES string of the molecule is CNCC[C@H](Oc1ccc(CN2CCN(C)c3ccncc3C2=O)c(C)c1)c1cccs1.S. The molecule has 1 N–H and O–H groups in total. The zero-order valence-corrected chi connectivity index (χ0v) is 21.2. The van der Waals surface area contributed by atoms with Crippen LogP contribution in [0.1, 0.15) is 38.9 Å². The standard InChI is InChI=1S/C25H30N4O2S.H2S/c1-18-15-20(31-23(9-10-26-2)24-5-4-14-32-24)7-6-19(18)17-29-13-12-28(3)22-8-11-27-16-21(22)25(29)30;/h4-8,11,14-16,23,26H,9-10,12-13,17H2,1-3H3;1H2/t23-;/m0./s1. The van der Waals surface area contributed by atoms with Crippen molar-refractivity contribution in [3.63, 3.8) is 0 Å². The summed E-state index contributed by atoms with van der Waals surface area (Å²) in [6, 6.07) is 12.3. The van der Waals surface area contributed by atoms with Gasteiger partial charge in [0.1, 0.15) is 11.9 Å². The molecule has 0 fully saturated rings. The molecule has 0 unspecified atom stereocenters. The molecule has 0 saturated heterocycles. The van der Waals surface area contributed by atoms with Gasteiger partial charge in [-0.15, -0.1) is 11.3 Å². The number of rotatable bonds is 8. The number of amides is 1. The molecule has 0 saturated carbocycles.